The van der Waals surface area contributed by atoms with Crippen LogP contribution in [0.15, 0.2) is 64.6 Å². The van der Waals surface area contributed by atoms with Gasteiger partial charge in [-0.15, -0.1) is 11.8 Å². The average molecular weight is 403 g/mol. The number of carbonyl (C=O) groups is 2. The second-order valence-corrected chi connectivity index (χ2v) is 7.51. The van der Waals surface area contributed by atoms with Crippen molar-refractivity contribution in [1.29, 1.82) is 0 Å². The minimum atomic E-state index is -0.656. The van der Waals surface area contributed by atoms with Gasteiger partial charge in [-0.3, -0.25) is 14.6 Å². The Kier molecular flexibility index (Phi) is 6.36. The first-order chi connectivity index (χ1) is 13.0. The Hall–Kier alpha value is -2.51. The van der Waals surface area contributed by atoms with Crippen LogP contribution in [-0.4, -0.2) is 35.9 Å². The Balaban J connectivity index is 1.56. The second-order valence-electron chi connectivity index (χ2n) is 5.91. The van der Waals surface area contributed by atoms with Crippen molar-refractivity contribution in [3.8, 4) is 0 Å². The van der Waals surface area contributed by atoms with Gasteiger partial charge in [0.05, 0.1) is 5.69 Å². The molecule has 1 aliphatic heterocycles. The van der Waals surface area contributed by atoms with Gasteiger partial charge in [0.15, 0.2) is 0 Å². The molecule has 1 atom stereocenters. The molecule has 0 radical (unpaired) electrons. The summed E-state index contributed by atoms with van der Waals surface area (Å²) >= 11 is 7.48. The molecule has 0 fully saturated rings. The minimum absolute atomic E-state index is 0.195. The Morgan fingerprint density at radius 3 is 2.56 bits per heavy atom. The number of hydrogen-bond acceptors (Lipinski definition) is 5. The summed E-state index contributed by atoms with van der Waals surface area (Å²) in [7, 11) is 0. The summed E-state index contributed by atoms with van der Waals surface area (Å²) in [6.07, 6.45) is 0.195. The lowest BCUT2D eigenvalue weighted by Gasteiger charge is -2.20. The molecule has 27 heavy (non-hydrogen) atoms. The smallest absolute Gasteiger partial charge is 0.267 e. The number of anilines is 1. The maximum Gasteiger partial charge on any atom is 0.267 e. The molecule has 2 aromatic rings. The lowest BCUT2D eigenvalue weighted by Crippen LogP contribution is -2.40. The van der Waals surface area contributed by atoms with Crippen molar-refractivity contribution >= 4 is 46.6 Å². The molecule has 0 unspecified atom stereocenters. The Labute approximate surface area is 166 Å². The molecule has 2 aromatic carbocycles. The van der Waals surface area contributed by atoms with Crippen LogP contribution in [0.25, 0.3) is 0 Å². The van der Waals surface area contributed by atoms with Crippen molar-refractivity contribution in [2.24, 2.45) is 10.8 Å². The van der Waals surface area contributed by atoms with Crippen molar-refractivity contribution in [3.63, 3.8) is 0 Å². The van der Waals surface area contributed by atoms with Crippen LogP contribution in [0.4, 0.5) is 5.69 Å². The number of carbonyl (C=O) groups excluding carboxylic acids is 2. The zero-order chi connectivity index (χ0) is 19.2. The maximum atomic E-state index is 12.4. The van der Waals surface area contributed by atoms with E-state index in [-0.39, 0.29) is 12.3 Å². The number of amides is 2. The standard InChI is InChI=1S/C19H19ClN4O2S/c20-13-6-8-15(9-7-13)27-11-10-22-19(26)16-12-17(18(21)25)24(23-16)14-4-2-1-3-5-14/h1-9,17H,10-12H2,(H2,21,25)(H,22,26)/t17-/m1/s1. The molecule has 3 rings (SSSR count). The SMILES string of the molecule is NC(=O)[C@H]1CC(C(=O)NCCSc2ccc(Cl)cc2)=NN1c1ccccc1. The number of para-hydroxylation sites is 1. The molecule has 1 aliphatic rings. The number of thioether (sulfide) groups is 1. The summed E-state index contributed by atoms with van der Waals surface area (Å²) in [6, 6.07) is 16.1. The number of hydrogen-bond donors (Lipinski definition) is 2. The van der Waals surface area contributed by atoms with Crippen molar-refractivity contribution in [1.82, 2.24) is 5.32 Å². The van der Waals surface area contributed by atoms with Gasteiger partial charge in [0.1, 0.15) is 11.8 Å². The van der Waals surface area contributed by atoms with Crippen LogP contribution in [-0.2, 0) is 9.59 Å². The Morgan fingerprint density at radius 2 is 1.89 bits per heavy atom. The summed E-state index contributed by atoms with van der Waals surface area (Å²) in [5, 5.41) is 9.37. The maximum absolute atomic E-state index is 12.4. The van der Waals surface area contributed by atoms with E-state index in [0.29, 0.717) is 23.0 Å². The number of halogens is 1. The van der Waals surface area contributed by atoms with E-state index in [4.69, 9.17) is 17.3 Å². The van der Waals surface area contributed by atoms with Crippen LogP contribution in [0.3, 0.4) is 0 Å². The van der Waals surface area contributed by atoms with Gasteiger partial charge in [-0.2, -0.15) is 5.10 Å². The molecule has 0 saturated carbocycles. The molecule has 0 aliphatic carbocycles. The topological polar surface area (TPSA) is 87.8 Å². The third-order valence-corrected chi connectivity index (χ3v) is 5.26. The lowest BCUT2D eigenvalue weighted by atomic mass is 10.1. The van der Waals surface area contributed by atoms with Crippen molar-refractivity contribution in [2.45, 2.75) is 17.4 Å². The van der Waals surface area contributed by atoms with E-state index in [1.54, 1.807) is 11.8 Å². The highest BCUT2D eigenvalue weighted by Gasteiger charge is 2.34. The highest BCUT2D eigenvalue weighted by Crippen LogP contribution is 2.24. The number of nitrogens with one attached hydrogen (secondary N) is 1. The van der Waals surface area contributed by atoms with Crippen molar-refractivity contribution in [3.05, 3.63) is 59.6 Å². The van der Waals surface area contributed by atoms with Gasteiger partial charge >= 0.3 is 0 Å². The third kappa shape index (κ3) is 5.02. The van der Waals surface area contributed by atoms with E-state index in [9.17, 15) is 9.59 Å². The van der Waals surface area contributed by atoms with E-state index in [2.05, 4.69) is 10.4 Å². The molecule has 0 aromatic heterocycles. The van der Waals surface area contributed by atoms with Gasteiger partial charge in [-0.25, -0.2) is 0 Å². The van der Waals surface area contributed by atoms with E-state index in [0.717, 1.165) is 10.6 Å². The summed E-state index contributed by atoms with van der Waals surface area (Å²) in [6.45, 7) is 0.484. The first-order valence-corrected chi connectivity index (χ1v) is 9.78. The fourth-order valence-electron chi connectivity index (χ4n) is 2.65. The molecule has 3 N–H and O–H groups in total. The van der Waals surface area contributed by atoms with Gasteiger partial charge in [0.25, 0.3) is 5.91 Å². The molecule has 6 nitrogen and oxygen atoms in total. The first kappa shape index (κ1) is 19.3. The summed E-state index contributed by atoms with van der Waals surface area (Å²) in [5.41, 5.74) is 6.52. The van der Waals surface area contributed by atoms with Gasteiger partial charge < -0.3 is 11.1 Å². The molecule has 0 spiro atoms. The van der Waals surface area contributed by atoms with E-state index < -0.39 is 11.9 Å². The van der Waals surface area contributed by atoms with Crippen LogP contribution in [0.2, 0.25) is 5.02 Å². The van der Waals surface area contributed by atoms with Gasteiger partial charge in [-0.05, 0) is 36.4 Å². The van der Waals surface area contributed by atoms with E-state index in [1.807, 2.05) is 54.6 Å². The fraction of sp³-hybridized carbons (Fsp3) is 0.211. The molecule has 0 saturated heterocycles. The molecule has 2 amide bonds. The molecule has 140 valence electrons. The Morgan fingerprint density at radius 1 is 1.19 bits per heavy atom. The number of hydrazone groups is 1. The normalized spacial score (nSPS) is 16.1. The van der Waals surface area contributed by atoms with Crippen LogP contribution >= 0.6 is 23.4 Å². The summed E-state index contributed by atoms with van der Waals surface area (Å²) in [5.74, 6) is -0.0810. The first-order valence-electron chi connectivity index (χ1n) is 8.42. The number of nitrogens with zero attached hydrogens (tertiary/aromatic N) is 2. The van der Waals surface area contributed by atoms with Gasteiger partial charge in [0, 0.05) is 28.6 Å². The third-order valence-electron chi connectivity index (χ3n) is 3.99. The Bertz CT molecular complexity index is 843. The molecule has 0 bridgehead atoms. The molecule has 8 heteroatoms. The zero-order valence-electron chi connectivity index (χ0n) is 14.5. The predicted molar refractivity (Wildman–Crippen MR) is 109 cm³/mol. The van der Waals surface area contributed by atoms with E-state index in [1.165, 1.54) is 5.01 Å². The summed E-state index contributed by atoms with van der Waals surface area (Å²) in [4.78, 5) is 25.2. The van der Waals surface area contributed by atoms with E-state index >= 15 is 0 Å². The number of primary amides is 1. The highest BCUT2D eigenvalue weighted by atomic mass is 35.5. The largest absolute Gasteiger partial charge is 0.368 e. The molecular formula is C19H19ClN4O2S. The minimum Gasteiger partial charge on any atom is -0.368 e. The molecular weight excluding hydrogens is 384 g/mol. The van der Waals surface area contributed by atoms with Crippen LogP contribution in [0, 0.1) is 0 Å². The fourth-order valence-corrected chi connectivity index (χ4v) is 3.55. The summed E-state index contributed by atoms with van der Waals surface area (Å²) < 4.78 is 0. The lowest BCUT2D eigenvalue weighted by molar-refractivity contribution is -0.119. The second kappa shape index (κ2) is 8.92. The number of benzene rings is 2. The molecule has 1 heterocycles. The number of rotatable bonds is 7. The quantitative estimate of drug-likeness (QED) is 0.550. The predicted octanol–water partition coefficient (Wildman–Crippen LogP) is 2.67. The van der Waals surface area contributed by atoms with Crippen molar-refractivity contribution < 1.29 is 9.59 Å². The zero-order valence-corrected chi connectivity index (χ0v) is 16.0. The highest BCUT2D eigenvalue weighted by molar-refractivity contribution is 7.99. The van der Waals surface area contributed by atoms with Crippen molar-refractivity contribution in [2.75, 3.05) is 17.3 Å². The average Bonchev–Trinajstić information content (AvgIpc) is 3.13. The van der Waals surface area contributed by atoms with Crippen LogP contribution < -0.4 is 16.1 Å². The van der Waals surface area contributed by atoms with Crippen LogP contribution in [0.1, 0.15) is 6.42 Å². The van der Waals surface area contributed by atoms with Gasteiger partial charge in [0.2, 0.25) is 5.91 Å². The monoisotopic (exact) mass is 402 g/mol. The van der Waals surface area contributed by atoms with Crippen LogP contribution in [0.5, 0.6) is 0 Å². The number of nitrogens with two attached hydrogens (primary N) is 1. The van der Waals surface area contributed by atoms with Gasteiger partial charge in [-0.1, -0.05) is 29.8 Å².